The number of hydrazone groups is 1. The van der Waals surface area contributed by atoms with E-state index in [2.05, 4.69) is 21.2 Å². The Morgan fingerprint density at radius 2 is 1.84 bits per heavy atom. The summed E-state index contributed by atoms with van der Waals surface area (Å²) >= 11 is 6.03. The van der Waals surface area contributed by atoms with Gasteiger partial charge >= 0.3 is 12.0 Å². The van der Waals surface area contributed by atoms with Crippen molar-refractivity contribution in [3.8, 4) is 17.2 Å². The zero-order chi connectivity index (χ0) is 27.7. The molecule has 0 spiro atoms. The maximum absolute atomic E-state index is 12.5. The highest BCUT2D eigenvalue weighted by Crippen LogP contribution is 2.34. The van der Waals surface area contributed by atoms with Gasteiger partial charge in [0.1, 0.15) is 5.75 Å². The molecule has 0 fully saturated rings. The Morgan fingerprint density at radius 3 is 2.55 bits per heavy atom. The van der Waals surface area contributed by atoms with Crippen molar-refractivity contribution in [2.24, 2.45) is 5.10 Å². The standard InChI is InChI=1S/C26H29ClN4O7/c1-5-36-19-10-8-18(27)11-17(19)13-28-31-22(32)14-38-20-9-7-16(12-21(20)35-4)24-23(25(33)37-6-2)15(3)29-26(34)30-24/h7-13,24H,5-6,14H2,1-4H3,(H,31,32)(H2,29,30,34)/b28-13+/t24-/m1/s1. The summed E-state index contributed by atoms with van der Waals surface area (Å²) < 4.78 is 21.7. The molecule has 12 heteroatoms. The number of ether oxygens (including phenoxy) is 4. The lowest BCUT2D eigenvalue weighted by molar-refractivity contribution is -0.139. The van der Waals surface area contributed by atoms with Gasteiger partial charge in [-0.2, -0.15) is 5.10 Å². The van der Waals surface area contributed by atoms with Gasteiger partial charge in [-0.05, 0) is 56.7 Å². The molecule has 1 atom stereocenters. The molecule has 0 aromatic heterocycles. The van der Waals surface area contributed by atoms with Crippen LogP contribution >= 0.6 is 11.6 Å². The van der Waals surface area contributed by atoms with Crippen LogP contribution in [0.4, 0.5) is 4.79 Å². The molecule has 3 rings (SSSR count). The van der Waals surface area contributed by atoms with Crippen LogP contribution in [0.15, 0.2) is 52.8 Å². The molecular weight excluding hydrogens is 516 g/mol. The Balaban J connectivity index is 1.69. The van der Waals surface area contributed by atoms with Crippen molar-refractivity contribution < 1.29 is 33.3 Å². The number of carbonyl (C=O) groups is 3. The Labute approximate surface area is 225 Å². The molecule has 2 aromatic rings. The summed E-state index contributed by atoms with van der Waals surface area (Å²) in [5.74, 6) is 0.0959. The van der Waals surface area contributed by atoms with Crippen molar-refractivity contribution in [2.45, 2.75) is 26.8 Å². The third-order valence-corrected chi connectivity index (χ3v) is 5.54. The van der Waals surface area contributed by atoms with E-state index >= 15 is 0 Å². The molecule has 0 aliphatic carbocycles. The zero-order valence-electron chi connectivity index (χ0n) is 21.4. The van der Waals surface area contributed by atoms with E-state index in [-0.39, 0.29) is 24.5 Å². The Bertz CT molecular complexity index is 1260. The first-order chi connectivity index (χ1) is 18.3. The van der Waals surface area contributed by atoms with Gasteiger partial charge in [-0.1, -0.05) is 17.7 Å². The first kappa shape index (κ1) is 28.3. The number of benzene rings is 2. The smallest absolute Gasteiger partial charge is 0.338 e. The van der Waals surface area contributed by atoms with Gasteiger partial charge in [0, 0.05) is 16.3 Å². The minimum absolute atomic E-state index is 0.186. The van der Waals surface area contributed by atoms with E-state index in [0.29, 0.717) is 40.0 Å². The molecule has 3 N–H and O–H groups in total. The summed E-state index contributed by atoms with van der Waals surface area (Å²) in [5.41, 5.74) is 4.21. The van der Waals surface area contributed by atoms with Crippen molar-refractivity contribution in [3.05, 3.63) is 63.8 Å². The SMILES string of the molecule is CCOC(=O)C1=C(C)NC(=O)N[C@@H]1c1ccc(OCC(=O)N/N=C/c2cc(Cl)ccc2OCC)c(OC)c1. The van der Waals surface area contributed by atoms with Gasteiger partial charge in [0.25, 0.3) is 5.91 Å². The van der Waals surface area contributed by atoms with Crippen LogP contribution in [-0.4, -0.2) is 51.1 Å². The van der Waals surface area contributed by atoms with Crippen molar-refractivity contribution >= 4 is 35.7 Å². The molecular formula is C26H29ClN4O7. The molecule has 0 radical (unpaired) electrons. The second kappa shape index (κ2) is 13.3. The number of nitrogens with zero attached hydrogens (tertiary/aromatic N) is 1. The number of urea groups is 1. The van der Waals surface area contributed by atoms with Crippen LogP contribution in [0, 0.1) is 0 Å². The molecule has 2 aromatic carbocycles. The predicted octanol–water partition coefficient (Wildman–Crippen LogP) is 3.47. The molecule has 1 heterocycles. The molecule has 38 heavy (non-hydrogen) atoms. The maximum Gasteiger partial charge on any atom is 0.338 e. The van der Waals surface area contributed by atoms with E-state index in [1.807, 2.05) is 6.92 Å². The summed E-state index contributed by atoms with van der Waals surface area (Å²) in [6.45, 7) is 5.48. The lowest BCUT2D eigenvalue weighted by Gasteiger charge is -2.28. The average Bonchev–Trinajstić information content (AvgIpc) is 2.88. The monoisotopic (exact) mass is 544 g/mol. The van der Waals surface area contributed by atoms with E-state index in [9.17, 15) is 14.4 Å². The van der Waals surface area contributed by atoms with Crippen LogP contribution in [0.3, 0.4) is 0 Å². The predicted molar refractivity (Wildman–Crippen MR) is 141 cm³/mol. The molecule has 1 aliphatic heterocycles. The number of nitrogens with one attached hydrogen (secondary N) is 3. The Morgan fingerprint density at radius 1 is 1.08 bits per heavy atom. The van der Waals surface area contributed by atoms with Gasteiger partial charge < -0.3 is 29.6 Å². The summed E-state index contributed by atoms with van der Waals surface area (Å²) in [6, 6.07) is 8.71. The summed E-state index contributed by atoms with van der Waals surface area (Å²) in [4.78, 5) is 36.9. The minimum atomic E-state index is -0.767. The number of allylic oxidation sites excluding steroid dienone is 1. The summed E-state index contributed by atoms with van der Waals surface area (Å²) in [7, 11) is 1.44. The average molecular weight is 545 g/mol. The Kier molecular flexibility index (Phi) is 9.94. The van der Waals surface area contributed by atoms with E-state index < -0.39 is 23.9 Å². The molecule has 0 unspecified atom stereocenters. The first-order valence-electron chi connectivity index (χ1n) is 11.8. The van der Waals surface area contributed by atoms with Gasteiger partial charge in [-0.15, -0.1) is 0 Å². The van der Waals surface area contributed by atoms with Crippen LogP contribution in [0.25, 0.3) is 0 Å². The highest BCUT2D eigenvalue weighted by atomic mass is 35.5. The van der Waals surface area contributed by atoms with Crippen molar-refractivity contribution in [2.75, 3.05) is 26.9 Å². The fourth-order valence-electron chi connectivity index (χ4n) is 3.66. The van der Waals surface area contributed by atoms with Gasteiger partial charge in [-0.25, -0.2) is 15.0 Å². The van der Waals surface area contributed by atoms with Crippen LogP contribution < -0.4 is 30.3 Å². The molecule has 3 amide bonds. The van der Waals surface area contributed by atoms with Gasteiger partial charge in [0.2, 0.25) is 0 Å². The normalized spacial score (nSPS) is 15.0. The third-order valence-electron chi connectivity index (χ3n) is 5.31. The van der Waals surface area contributed by atoms with E-state index in [1.165, 1.54) is 13.3 Å². The number of methoxy groups -OCH3 is 1. The largest absolute Gasteiger partial charge is 0.493 e. The number of amides is 3. The minimum Gasteiger partial charge on any atom is -0.493 e. The molecule has 1 aliphatic rings. The molecule has 0 saturated heterocycles. The Hall–Kier alpha value is -4.25. The molecule has 0 bridgehead atoms. The van der Waals surface area contributed by atoms with Crippen molar-refractivity contribution in [1.29, 1.82) is 0 Å². The number of hydrogen-bond acceptors (Lipinski definition) is 8. The van der Waals surface area contributed by atoms with Crippen molar-refractivity contribution in [1.82, 2.24) is 16.1 Å². The fraction of sp³-hybridized carbons (Fsp3) is 0.308. The van der Waals surface area contributed by atoms with Crippen molar-refractivity contribution in [3.63, 3.8) is 0 Å². The molecule has 11 nitrogen and oxygen atoms in total. The number of carbonyl (C=O) groups excluding carboxylic acids is 3. The molecule has 202 valence electrons. The summed E-state index contributed by atoms with van der Waals surface area (Å²) in [5, 5.41) is 9.75. The van der Waals surface area contributed by atoms with Crippen LogP contribution in [0.2, 0.25) is 5.02 Å². The number of esters is 1. The number of halogens is 1. The van der Waals surface area contributed by atoms with E-state index in [0.717, 1.165) is 0 Å². The lowest BCUT2D eigenvalue weighted by atomic mass is 9.95. The van der Waals surface area contributed by atoms with Gasteiger partial charge in [-0.3, -0.25) is 4.79 Å². The second-order valence-corrected chi connectivity index (χ2v) is 8.33. The second-order valence-electron chi connectivity index (χ2n) is 7.90. The first-order valence-corrected chi connectivity index (χ1v) is 12.2. The van der Waals surface area contributed by atoms with Crippen LogP contribution in [0.1, 0.15) is 37.9 Å². The van der Waals surface area contributed by atoms with Crippen LogP contribution in [0.5, 0.6) is 17.2 Å². The zero-order valence-corrected chi connectivity index (χ0v) is 22.2. The highest BCUT2D eigenvalue weighted by Gasteiger charge is 2.32. The van der Waals surface area contributed by atoms with E-state index in [1.54, 1.807) is 50.2 Å². The third kappa shape index (κ3) is 7.16. The van der Waals surface area contributed by atoms with Gasteiger partial charge in [0.15, 0.2) is 18.1 Å². The van der Waals surface area contributed by atoms with E-state index in [4.69, 9.17) is 30.5 Å². The van der Waals surface area contributed by atoms with Gasteiger partial charge in [0.05, 0.1) is 38.2 Å². The fourth-order valence-corrected chi connectivity index (χ4v) is 3.84. The maximum atomic E-state index is 12.5. The number of rotatable bonds is 11. The molecule has 0 saturated carbocycles. The summed E-state index contributed by atoms with van der Waals surface area (Å²) in [6.07, 6.45) is 1.42. The lowest BCUT2D eigenvalue weighted by Crippen LogP contribution is -2.45. The number of hydrogen-bond donors (Lipinski definition) is 3. The van der Waals surface area contributed by atoms with Crippen LogP contribution in [-0.2, 0) is 14.3 Å². The quantitative estimate of drug-likeness (QED) is 0.224. The topological polar surface area (TPSA) is 137 Å². The highest BCUT2D eigenvalue weighted by molar-refractivity contribution is 6.30.